The van der Waals surface area contributed by atoms with E-state index in [2.05, 4.69) is 10.1 Å². The molecule has 0 aliphatic heterocycles. The molecule has 1 amide bonds. The highest BCUT2D eigenvalue weighted by Gasteiger charge is 2.29. The molecule has 0 aromatic heterocycles. The Morgan fingerprint density at radius 3 is 2.29 bits per heavy atom. The number of rotatable bonds is 6. The smallest absolute Gasteiger partial charge is 0.328 e. The van der Waals surface area contributed by atoms with Crippen molar-refractivity contribution in [3.8, 4) is 0 Å². The molecule has 0 fully saturated rings. The van der Waals surface area contributed by atoms with Gasteiger partial charge in [0.2, 0.25) is 5.91 Å². The number of carbonyl (C=O) groups is 2. The van der Waals surface area contributed by atoms with E-state index in [0.717, 1.165) is 0 Å². The Kier molecular flexibility index (Phi) is 6.75. The van der Waals surface area contributed by atoms with Gasteiger partial charge in [0, 0.05) is 0 Å². The van der Waals surface area contributed by atoms with Crippen LogP contribution >= 0.6 is 0 Å². The van der Waals surface area contributed by atoms with E-state index >= 15 is 0 Å². The van der Waals surface area contributed by atoms with Gasteiger partial charge in [-0.2, -0.15) is 0 Å². The molecule has 0 bridgehead atoms. The average molecular weight is 246 g/mol. The SMILES string of the molecule is CC[C@H](C)[C@H](NC(=O)[C@@H](N)[C@@H](C)O)C(=O)OC. The zero-order valence-electron chi connectivity index (χ0n) is 10.8. The number of aliphatic hydroxyl groups excluding tert-OH is 1. The minimum Gasteiger partial charge on any atom is -0.467 e. The molecule has 0 spiro atoms. The van der Waals surface area contributed by atoms with E-state index in [0.29, 0.717) is 6.42 Å². The van der Waals surface area contributed by atoms with Crippen molar-refractivity contribution in [3.63, 3.8) is 0 Å². The molecule has 0 saturated heterocycles. The number of hydrogen-bond acceptors (Lipinski definition) is 5. The van der Waals surface area contributed by atoms with Crippen molar-refractivity contribution in [1.29, 1.82) is 0 Å². The Hall–Kier alpha value is -1.14. The minimum atomic E-state index is -1.05. The van der Waals surface area contributed by atoms with Gasteiger partial charge in [-0.3, -0.25) is 4.79 Å². The quantitative estimate of drug-likeness (QED) is 0.543. The predicted molar refractivity (Wildman–Crippen MR) is 63.1 cm³/mol. The standard InChI is InChI=1S/C11H22N2O4/c1-5-6(2)9(11(16)17-4)13-10(15)8(12)7(3)14/h6-9,14H,5,12H2,1-4H3,(H,13,15)/t6-,7+,8-,9-/m0/s1. The van der Waals surface area contributed by atoms with Crippen molar-refractivity contribution in [3.05, 3.63) is 0 Å². The summed E-state index contributed by atoms with van der Waals surface area (Å²) in [6, 6.07) is -1.78. The van der Waals surface area contributed by atoms with Crippen molar-refractivity contribution < 1.29 is 19.4 Å². The Labute approximate surface area is 102 Å². The lowest BCUT2D eigenvalue weighted by atomic mass is 9.98. The summed E-state index contributed by atoms with van der Waals surface area (Å²) in [4.78, 5) is 23.1. The topological polar surface area (TPSA) is 102 Å². The van der Waals surface area contributed by atoms with Gasteiger partial charge in [-0.05, 0) is 12.8 Å². The monoisotopic (exact) mass is 246 g/mol. The number of esters is 1. The molecule has 17 heavy (non-hydrogen) atoms. The Morgan fingerprint density at radius 1 is 1.41 bits per heavy atom. The van der Waals surface area contributed by atoms with Crippen LogP contribution in [0, 0.1) is 5.92 Å². The highest BCUT2D eigenvalue weighted by molar-refractivity contribution is 5.87. The number of nitrogens with one attached hydrogen (secondary N) is 1. The van der Waals surface area contributed by atoms with Crippen LogP contribution in [-0.2, 0) is 14.3 Å². The Balaban J connectivity index is 4.64. The fourth-order valence-corrected chi connectivity index (χ4v) is 1.26. The molecular weight excluding hydrogens is 224 g/mol. The fraction of sp³-hybridized carbons (Fsp3) is 0.818. The number of amides is 1. The summed E-state index contributed by atoms with van der Waals surface area (Å²) in [7, 11) is 1.26. The van der Waals surface area contributed by atoms with E-state index in [-0.39, 0.29) is 5.92 Å². The Morgan fingerprint density at radius 2 is 1.94 bits per heavy atom. The van der Waals surface area contributed by atoms with Crippen LogP contribution in [0.2, 0.25) is 0 Å². The van der Waals surface area contributed by atoms with Crippen LogP contribution in [0.3, 0.4) is 0 Å². The van der Waals surface area contributed by atoms with Gasteiger partial charge in [0.05, 0.1) is 13.2 Å². The maximum atomic E-state index is 11.6. The Bertz CT molecular complexity index is 268. The van der Waals surface area contributed by atoms with Crippen LogP contribution < -0.4 is 11.1 Å². The van der Waals surface area contributed by atoms with Gasteiger partial charge in [-0.15, -0.1) is 0 Å². The van der Waals surface area contributed by atoms with Gasteiger partial charge >= 0.3 is 5.97 Å². The molecule has 0 saturated carbocycles. The summed E-state index contributed by atoms with van der Waals surface area (Å²) >= 11 is 0. The van der Waals surface area contributed by atoms with Gasteiger partial charge in [0.1, 0.15) is 12.1 Å². The molecule has 100 valence electrons. The molecule has 6 nitrogen and oxygen atoms in total. The van der Waals surface area contributed by atoms with E-state index in [1.165, 1.54) is 14.0 Å². The first-order valence-electron chi connectivity index (χ1n) is 5.66. The zero-order valence-corrected chi connectivity index (χ0v) is 10.8. The second-order valence-corrected chi connectivity index (χ2v) is 4.16. The highest BCUT2D eigenvalue weighted by atomic mass is 16.5. The highest BCUT2D eigenvalue weighted by Crippen LogP contribution is 2.09. The van der Waals surface area contributed by atoms with Gasteiger partial charge in [0.25, 0.3) is 0 Å². The van der Waals surface area contributed by atoms with Crippen molar-refractivity contribution in [2.24, 2.45) is 11.7 Å². The number of ether oxygens (including phenoxy) is 1. The number of hydrogen-bond donors (Lipinski definition) is 3. The van der Waals surface area contributed by atoms with Crippen molar-refractivity contribution in [2.45, 2.75) is 45.4 Å². The normalized spacial score (nSPS) is 17.8. The third kappa shape index (κ3) is 4.70. The van der Waals surface area contributed by atoms with Gasteiger partial charge in [-0.25, -0.2) is 4.79 Å². The molecule has 0 aliphatic carbocycles. The van der Waals surface area contributed by atoms with Crippen LogP contribution in [0.4, 0.5) is 0 Å². The largest absolute Gasteiger partial charge is 0.467 e. The molecule has 0 aromatic rings. The third-order valence-corrected chi connectivity index (χ3v) is 2.79. The molecule has 0 aromatic carbocycles. The second kappa shape index (κ2) is 7.24. The second-order valence-electron chi connectivity index (χ2n) is 4.16. The molecule has 0 unspecified atom stereocenters. The molecule has 4 atom stereocenters. The van der Waals surface area contributed by atoms with E-state index < -0.39 is 30.1 Å². The lowest BCUT2D eigenvalue weighted by Gasteiger charge is -2.24. The summed E-state index contributed by atoms with van der Waals surface area (Å²) in [6.45, 7) is 5.15. The van der Waals surface area contributed by atoms with E-state index in [1.807, 2.05) is 13.8 Å². The van der Waals surface area contributed by atoms with Crippen LogP contribution in [-0.4, -0.2) is 42.3 Å². The molecule has 0 rings (SSSR count). The maximum Gasteiger partial charge on any atom is 0.328 e. The van der Waals surface area contributed by atoms with Crippen LogP contribution in [0.1, 0.15) is 27.2 Å². The summed E-state index contributed by atoms with van der Waals surface area (Å²) in [5.74, 6) is -1.13. The minimum absolute atomic E-state index is 0.0624. The van der Waals surface area contributed by atoms with E-state index in [9.17, 15) is 14.7 Å². The van der Waals surface area contributed by atoms with Crippen LogP contribution in [0.15, 0.2) is 0 Å². The molecule has 0 heterocycles. The van der Waals surface area contributed by atoms with Crippen molar-refractivity contribution in [2.75, 3.05) is 7.11 Å². The number of methoxy groups -OCH3 is 1. The van der Waals surface area contributed by atoms with Crippen LogP contribution in [0.25, 0.3) is 0 Å². The number of nitrogens with two attached hydrogens (primary N) is 1. The summed E-state index contributed by atoms with van der Waals surface area (Å²) < 4.78 is 4.62. The van der Waals surface area contributed by atoms with Gasteiger partial charge in [0.15, 0.2) is 0 Å². The lowest BCUT2D eigenvalue weighted by Crippen LogP contribution is -2.54. The molecular formula is C11H22N2O4. The molecule has 4 N–H and O–H groups in total. The van der Waals surface area contributed by atoms with E-state index in [4.69, 9.17) is 5.73 Å². The first-order valence-corrected chi connectivity index (χ1v) is 5.66. The first-order chi connectivity index (χ1) is 7.84. The van der Waals surface area contributed by atoms with Crippen molar-refractivity contribution in [1.82, 2.24) is 5.32 Å². The molecule has 0 aliphatic rings. The molecule has 6 heteroatoms. The van der Waals surface area contributed by atoms with Crippen LogP contribution in [0.5, 0.6) is 0 Å². The van der Waals surface area contributed by atoms with Gasteiger partial charge < -0.3 is 20.9 Å². The molecule has 0 radical (unpaired) electrons. The lowest BCUT2D eigenvalue weighted by molar-refractivity contribution is -0.147. The van der Waals surface area contributed by atoms with Gasteiger partial charge in [-0.1, -0.05) is 20.3 Å². The predicted octanol–water partition coefficient (Wildman–Crippen LogP) is -0.602. The number of aliphatic hydroxyl groups is 1. The number of carbonyl (C=O) groups excluding carboxylic acids is 2. The summed E-state index contributed by atoms with van der Waals surface area (Å²) in [5, 5.41) is 11.7. The first kappa shape index (κ1) is 15.9. The fourth-order valence-electron chi connectivity index (χ4n) is 1.26. The average Bonchev–Trinajstić information content (AvgIpc) is 2.32. The summed E-state index contributed by atoms with van der Waals surface area (Å²) in [5.41, 5.74) is 5.48. The third-order valence-electron chi connectivity index (χ3n) is 2.79. The maximum absolute atomic E-state index is 11.6. The zero-order chi connectivity index (χ0) is 13.6. The van der Waals surface area contributed by atoms with Crippen molar-refractivity contribution >= 4 is 11.9 Å². The summed E-state index contributed by atoms with van der Waals surface area (Å²) in [6.07, 6.45) is -0.255. The van der Waals surface area contributed by atoms with E-state index in [1.54, 1.807) is 0 Å².